The van der Waals surface area contributed by atoms with Crippen LogP contribution in [-0.2, 0) is 9.59 Å². The molecule has 91 heavy (non-hydrogen) atoms. The monoisotopic (exact) mass is 2290 g/mol. The van der Waals surface area contributed by atoms with E-state index in [0.717, 1.165) is 4.90 Å². The maximum absolute atomic E-state index is 16.0. The third-order valence-corrected chi connectivity index (χ3v) is 22.8. The standard InChI is InChI=1S/C50H58I9N9O23/c1-13(19(78)10-72)65-37-31(54)22(45(86)60-2-14(75)7-69)28(51)23(32(37)55)48(89)63-5-17-40(81)42(83)41(82)18(6-64-49(90)25-29(52)24(46(87)61-3-15(76)8-70)33(56)38(34(25)57)66-43(84)20(79)11-73)68(17)50(91)27-30(53)26(47(88)62-4-16(77)9-71)35(58)39(36(27)59)67-44(85)21(80)12-74/h14-21,40-42,65,69-83H,1-12H2,(H,60,86)(H,61,87)(H,62,88)(H,63,89)(H,64,90)(H,66,84)(H,67,85)/t14?,15?,16?,17-,18-,19?,20?,21?,40-,41+,42+/m0/s1. The third kappa shape index (κ3) is 19.9. The fraction of sp³-hybridized carbons (Fsp3) is 0.440. The lowest BCUT2D eigenvalue weighted by atomic mass is 9.86. The van der Waals surface area contributed by atoms with Crippen LogP contribution in [0.2, 0.25) is 0 Å². The molecule has 1 aliphatic rings. The molecule has 0 radical (unpaired) electrons. The number of aliphatic hydroxyl groups excluding tert-OH is 15. The van der Waals surface area contributed by atoms with E-state index in [9.17, 15) is 110 Å². The van der Waals surface area contributed by atoms with E-state index in [4.69, 9.17) is 0 Å². The lowest BCUT2D eigenvalue weighted by Crippen LogP contribution is -2.71. The van der Waals surface area contributed by atoms with Crippen molar-refractivity contribution < 1.29 is 115 Å². The summed E-state index contributed by atoms with van der Waals surface area (Å²) >= 11 is 14.9. The normalized spacial score (nSPS) is 18.4. The summed E-state index contributed by atoms with van der Waals surface area (Å²) in [6.45, 7) is -5.02. The smallest absolute Gasteiger partial charge is 0.256 e. The first-order valence-corrected chi connectivity index (χ1v) is 35.6. The van der Waals surface area contributed by atoms with Gasteiger partial charge in [-0.05, 0) is 203 Å². The molecule has 23 N–H and O–H groups in total. The average Bonchev–Trinajstić information content (AvgIpc) is 0.763. The van der Waals surface area contributed by atoms with Gasteiger partial charge < -0.3 is 124 Å². The molecule has 32 nitrogen and oxygen atoms in total. The number of nitrogens with one attached hydrogen (secondary N) is 8. The number of anilines is 3. The minimum absolute atomic E-state index is 0.0214. The first kappa shape index (κ1) is 82.4. The maximum Gasteiger partial charge on any atom is 0.256 e. The Bertz CT molecular complexity index is 3140. The number of piperidine rings is 1. The first-order chi connectivity index (χ1) is 42.6. The Labute approximate surface area is 638 Å². The highest BCUT2D eigenvalue weighted by Crippen LogP contribution is 2.41. The number of carbonyl (C=O) groups excluding carboxylic acids is 8. The van der Waals surface area contributed by atoms with Gasteiger partial charge in [0, 0.05) is 49.1 Å². The molecule has 1 fully saturated rings. The van der Waals surface area contributed by atoms with Crippen LogP contribution in [0.4, 0.5) is 17.1 Å². The zero-order chi connectivity index (χ0) is 69.0. The third-order valence-electron chi connectivity index (χ3n) is 13.1. The van der Waals surface area contributed by atoms with Gasteiger partial charge in [0.1, 0.15) is 24.4 Å². The van der Waals surface area contributed by atoms with Gasteiger partial charge in [-0.1, -0.05) is 6.58 Å². The van der Waals surface area contributed by atoms with E-state index in [1.807, 2.05) is 0 Å². The predicted molar refractivity (Wildman–Crippen MR) is 396 cm³/mol. The topological polar surface area (TPSA) is 539 Å². The lowest BCUT2D eigenvalue weighted by Gasteiger charge is -2.49. The zero-order valence-corrected chi connectivity index (χ0v) is 65.6. The van der Waals surface area contributed by atoms with Gasteiger partial charge in [0.15, 0.2) is 12.2 Å². The number of hydrogen-bond acceptors (Lipinski definition) is 24. The minimum Gasteiger partial charge on any atom is -0.394 e. The average molecular weight is 2300 g/mol. The highest BCUT2D eigenvalue weighted by Gasteiger charge is 2.51. The van der Waals surface area contributed by atoms with Gasteiger partial charge in [-0.15, -0.1) is 0 Å². The van der Waals surface area contributed by atoms with Crippen LogP contribution >= 0.6 is 203 Å². The number of aliphatic hydroxyl groups is 15. The summed E-state index contributed by atoms with van der Waals surface area (Å²) in [7, 11) is 0. The Morgan fingerprint density at radius 1 is 0.374 bits per heavy atom. The second kappa shape index (κ2) is 37.8. The second-order valence-electron chi connectivity index (χ2n) is 19.3. The van der Waals surface area contributed by atoms with Gasteiger partial charge in [-0.2, -0.15) is 0 Å². The molecule has 0 aliphatic carbocycles. The van der Waals surface area contributed by atoms with Gasteiger partial charge in [-0.3, -0.25) is 38.4 Å². The number of rotatable bonds is 29. The SMILES string of the molecule is C=C(Nc1c(I)c(C(=O)NCC(O)CO)c(I)c(C(=O)NC[C@H]2[C@H](O)[C@@H](O)[C@H](O)[C@H](CNC(=O)c3c(I)c(NC(=O)C(O)CO)c(I)c(C(=O)NCC(O)CO)c3I)N2C(=O)c2c(I)c(NC(=O)C(O)CO)c(I)c(C(=O)NCC(O)CO)c2I)c1I)C(O)CO. The number of nitrogens with zero attached hydrogens (tertiary/aromatic N) is 1. The summed E-state index contributed by atoms with van der Waals surface area (Å²) in [5.41, 5.74) is -2.98. The van der Waals surface area contributed by atoms with Crippen molar-refractivity contribution >= 4 is 268 Å². The summed E-state index contributed by atoms with van der Waals surface area (Å²) in [5, 5.41) is 175. The molecule has 0 saturated carbocycles. The van der Waals surface area contributed by atoms with Gasteiger partial charge in [-0.25, -0.2) is 0 Å². The van der Waals surface area contributed by atoms with E-state index in [-0.39, 0.29) is 71.6 Å². The minimum atomic E-state index is -2.28. The molecule has 1 aliphatic heterocycles. The summed E-state index contributed by atoms with van der Waals surface area (Å²) in [4.78, 5) is 115. The molecule has 4 rings (SSSR count). The van der Waals surface area contributed by atoms with Crippen LogP contribution in [0.3, 0.4) is 0 Å². The van der Waals surface area contributed by atoms with Gasteiger partial charge in [0.05, 0.1) is 142 Å². The molecule has 0 bridgehead atoms. The summed E-state index contributed by atoms with van der Waals surface area (Å²) in [5.74, 6) is -8.83. The predicted octanol–water partition coefficient (Wildman–Crippen LogP) is -3.63. The zero-order valence-electron chi connectivity index (χ0n) is 46.2. The highest BCUT2D eigenvalue weighted by molar-refractivity contribution is 14.1. The molecule has 0 aromatic heterocycles. The Balaban J connectivity index is 2.08. The van der Waals surface area contributed by atoms with Crippen LogP contribution < -0.4 is 42.5 Å². The summed E-state index contributed by atoms with van der Waals surface area (Å²) in [6, 6.07) is -3.91. The van der Waals surface area contributed by atoms with Crippen molar-refractivity contribution in [2.75, 3.05) is 88.3 Å². The molecule has 1 saturated heterocycles. The molecule has 8 amide bonds. The largest absolute Gasteiger partial charge is 0.394 e. The van der Waals surface area contributed by atoms with E-state index in [2.05, 4.69) is 49.1 Å². The van der Waals surface area contributed by atoms with E-state index < -0.39 is 203 Å². The van der Waals surface area contributed by atoms with Gasteiger partial charge in [0.2, 0.25) is 0 Å². The molecule has 3 aromatic rings. The second-order valence-corrected chi connectivity index (χ2v) is 29.0. The fourth-order valence-corrected chi connectivity index (χ4v) is 21.4. The number of hydrogen-bond donors (Lipinski definition) is 23. The van der Waals surface area contributed by atoms with E-state index in [0.29, 0.717) is 0 Å². The van der Waals surface area contributed by atoms with E-state index in [1.165, 1.54) is 0 Å². The summed E-state index contributed by atoms with van der Waals surface area (Å²) < 4.78 is -0.783. The van der Waals surface area contributed by atoms with Crippen LogP contribution in [0.5, 0.6) is 0 Å². The van der Waals surface area contributed by atoms with Crippen molar-refractivity contribution in [2.45, 2.75) is 67.0 Å². The van der Waals surface area contributed by atoms with Gasteiger partial charge >= 0.3 is 0 Å². The van der Waals surface area contributed by atoms with E-state index >= 15 is 4.79 Å². The number of halogens is 9. The maximum atomic E-state index is 16.0. The molecule has 41 heteroatoms. The molecule has 0 spiro atoms. The Kier molecular flexibility index (Phi) is 34.2. The van der Waals surface area contributed by atoms with Crippen molar-refractivity contribution in [3.05, 3.63) is 77.8 Å². The molecule has 504 valence electrons. The molecular formula is C50H58I9N9O23. The van der Waals surface area contributed by atoms with Crippen molar-refractivity contribution in [2.24, 2.45) is 0 Å². The van der Waals surface area contributed by atoms with Crippen molar-refractivity contribution in [3.8, 4) is 0 Å². The number of amides is 8. The van der Waals surface area contributed by atoms with Crippen LogP contribution in [-0.4, -0.2) is 268 Å². The Morgan fingerprint density at radius 3 is 0.923 bits per heavy atom. The van der Waals surface area contributed by atoms with Crippen LogP contribution in [0.15, 0.2) is 12.3 Å². The van der Waals surface area contributed by atoms with Crippen molar-refractivity contribution in [1.82, 2.24) is 31.5 Å². The first-order valence-electron chi connectivity index (χ1n) is 25.9. The fourth-order valence-electron chi connectivity index (χ4n) is 8.20. The number of benzene rings is 3. The van der Waals surface area contributed by atoms with Crippen molar-refractivity contribution in [1.29, 1.82) is 0 Å². The Hall–Kier alpha value is -1.07. The Morgan fingerprint density at radius 2 is 0.637 bits per heavy atom. The molecule has 11 atom stereocenters. The molecular weight excluding hydrogens is 2240 g/mol. The molecule has 1 heterocycles. The quantitative estimate of drug-likeness (QED) is 0.0298. The molecule has 6 unspecified atom stereocenters. The van der Waals surface area contributed by atoms with E-state index in [1.54, 1.807) is 203 Å². The van der Waals surface area contributed by atoms with Gasteiger partial charge in [0.25, 0.3) is 47.3 Å². The summed E-state index contributed by atoms with van der Waals surface area (Å²) in [6.07, 6.45) is -16.9. The van der Waals surface area contributed by atoms with Crippen LogP contribution in [0.1, 0.15) is 62.1 Å². The molecule has 3 aromatic carbocycles. The number of likely N-dealkylation sites (tertiary alicyclic amines) is 1. The van der Waals surface area contributed by atoms with Crippen LogP contribution in [0.25, 0.3) is 0 Å². The highest BCUT2D eigenvalue weighted by atomic mass is 127. The van der Waals surface area contributed by atoms with Crippen LogP contribution in [0, 0.1) is 32.1 Å². The van der Waals surface area contributed by atoms with Crippen molar-refractivity contribution in [3.63, 3.8) is 0 Å². The number of carbonyl (C=O) groups is 8. The lowest BCUT2D eigenvalue weighted by molar-refractivity contribution is -0.149.